The number of hydrogen-bond acceptors (Lipinski definition) is 1. The molecular formula is C12H15Cl2N. The van der Waals surface area contributed by atoms with Crippen LogP contribution in [-0.4, -0.2) is 6.04 Å². The molecule has 1 aliphatic carbocycles. The maximum atomic E-state index is 6.11. The molecule has 3 heteroatoms. The fraction of sp³-hybridized carbons (Fsp3) is 0.500. The van der Waals surface area contributed by atoms with Gasteiger partial charge in [0.2, 0.25) is 0 Å². The molecule has 0 aromatic heterocycles. The Bertz CT molecular complexity index is 372. The molecule has 0 spiro atoms. The van der Waals surface area contributed by atoms with E-state index in [9.17, 15) is 0 Å². The van der Waals surface area contributed by atoms with Gasteiger partial charge in [-0.3, -0.25) is 0 Å². The molecule has 0 amide bonds. The van der Waals surface area contributed by atoms with E-state index in [1.807, 2.05) is 12.1 Å². The van der Waals surface area contributed by atoms with Crippen LogP contribution in [0, 0.1) is 5.41 Å². The Morgan fingerprint density at radius 1 is 1.33 bits per heavy atom. The quantitative estimate of drug-likeness (QED) is 0.819. The number of benzene rings is 1. The lowest BCUT2D eigenvalue weighted by Gasteiger charge is -2.22. The van der Waals surface area contributed by atoms with Crippen LogP contribution in [0.2, 0.25) is 10.0 Å². The predicted molar refractivity (Wildman–Crippen MR) is 66.9 cm³/mol. The number of halogens is 2. The minimum atomic E-state index is 0.436. The molecule has 1 nitrogen and oxygen atoms in total. The van der Waals surface area contributed by atoms with Crippen molar-refractivity contribution in [1.29, 1.82) is 0 Å². The summed E-state index contributed by atoms with van der Waals surface area (Å²) in [6.45, 7) is 4.49. The second-order valence-electron chi connectivity index (χ2n) is 4.62. The molecule has 15 heavy (non-hydrogen) atoms. The van der Waals surface area contributed by atoms with Crippen LogP contribution in [0.1, 0.15) is 26.7 Å². The molecule has 0 radical (unpaired) electrons. The van der Waals surface area contributed by atoms with Gasteiger partial charge in [-0.15, -0.1) is 0 Å². The summed E-state index contributed by atoms with van der Waals surface area (Å²) < 4.78 is 0. The van der Waals surface area contributed by atoms with Crippen LogP contribution in [0.4, 0.5) is 5.69 Å². The maximum absolute atomic E-state index is 6.11. The second kappa shape index (κ2) is 3.88. The third kappa shape index (κ3) is 2.24. The average molecular weight is 244 g/mol. The molecule has 1 aromatic carbocycles. The molecule has 0 bridgehead atoms. The first kappa shape index (κ1) is 11.1. The highest BCUT2D eigenvalue weighted by Crippen LogP contribution is 2.49. The number of rotatable bonds is 3. The van der Waals surface area contributed by atoms with Gasteiger partial charge in [-0.2, -0.15) is 0 Å². The smallest absolute Gasteiger partial charge is 0.0823 e. The van der Waals surface area contributed by atoms with Crippen LogP contribution in [0.5, 0.6) is 0 Å². The van der Waals surface area contributed by atoms with Crippen LogP contribution in [-0.2, 0) is 0 Å². The first-order chi connectivity index (χ1) is 7.03. The molecule has 1 saturated carbocycles. The van der Waals surface area contributed by atoms with Crippen LogP contribution in [0.15, 0.2) is 18.2 Å². The molecule has 0 aliphatic heterocycles. The SMILES string of the molecule is CC(Nc1cccc(Cl)c1Cl)C1(C)CC1. The molecule has 82 valence electrons. The largest absolute Gasteiger partial charge is 0.381 e. The van der Waals surface area contributed by atoms with Crippen molar-refractivity contribution in [3.05, 3.63) is 28.2 Å². The molecule has 0 saturated heterocycles. The Morgan fingerprint density at radius 2 is 2.00 bits per heavy atom. The summed E-state index contributed by atoms with van der Waals surface area (Å²) in [5.74, 6) is 0. The number of hydrogen-bond donors (Lipinski definition) is 1. The normalized spacial score (nSPS) is 19.7. The van der Waals surface area contributed by atoms with Crippen LogP contribution in [0.3, 0.4) is 0 Å². The lowest BCUT2D eigenvalue weighted by molar-refractivity contribution is 0.493. The van der Waals surface area contributed by atoms with Crippen molar-refractivity contribution in [3.8, 4) is 0 Å². The second-order valence-corrected chi connectivity index (χ2v) is 5.41. The zero-order valence-corrected chi connectivity index (χ0v) is 10.5. The molecular weight excluding hydrogens is 229 g/mol. The summed E-state index contributed by atoms with van der Waals surface area (Å²) in [7, 11) is 0. The van der Waals surface area contributed by atoms with Crippen LogP contribution >= 0.6 is 23.2 Å². The highest BCUT2D eigenvalue weighted by atomic mass is 35.5. The van der Waals surface area contributed by atoms with Gasteiger partial charge in [0, 0.05) is 6.04 Å². The highest BCUT2D eigenvalue weighted by molar-refractivity contribution is 6.43. The van der Waals surface area contributed by atoms with E-state index in [4.69, 9.17) is 23.2 Å². The standard InChI is InChI=1S/C12H15Cl2N/c1-8(12(2)6-7-12)15-10-5-3-4-9(13)11(10)14/h3-5,8,15H,6-7H2,1-2H3. The fourth-order valence-corrected chi connectivity index (χ4v) is 2.01. The molecule has 1 aromatic rings. The van der Waals surface area contributed by atoms with E-state index in [2.05, 4.69) is 19.2 Å². The van der Waals surface area contributed by atoms with E-state index >= 15 is 0 Å². The van der Waals surface area contributed by atoms with Gasteiger partial charge in [0.25, 0.3) is 0 Å². The Labute approximate surface area is 101 Å². The topological polar surface area (TPSA) is 12.0 Å². The van der Waals surface area contributed by atoms with E-state index in [1.165, 1.54) is 12.8 Å². The fourth-order valence-electron chi connectivity index (χ4n) is 1.65. The van der Waals surface area contributed by atoms with E-state index < -0.39 is 0 Å². The van der Waals surface area contributed by atoms with Crippen molar-refractivity contribution in [2.24, 2.45) is 5.41 Å². The van der Waals surface area contributed by atoms with Gasteiger partial charge in [0.05, 0.1) is 15.7 Å². The van der Waals surface area contributed by atoms with Crippen molar-refractivity contribution in [3.63, 3.8) is 0 Å². The van der Waals surface area contributed by atoms with Gasteiger partial charge in [-0.25, -0.2) is 0 Å². The van der Waals surface area contributed by atoms with Gasteiger partial charge in [-0.1, -0.05) is 36.2 Å². The van der Waals surface area contributed by atoms with Crippen molar-refractivity contribution >= 4 is 28.9 Å². The summed E-state index contributed by atoms with van der Waals surface area (Å²) in [6.07, 6.45) is 2.58. The van der Waals surface area contributed by atoms with E-state index in [-0.39, 0.29) is 0 Å². The first-order valence-electron chi connectivity index (χ1n) is 5.23. The van der Waals surface area contributed by atoms with Crippen molar-refractivity contribution < 1.29 is 0 Å². The Hall–Kier alpha value is -0.400. The molecule has 1 atom stereocenters. The minimum absolute atomic E-state index is 0.436. The zero-order chi connectivity index (χ0) is 11.1. The van der Waals surface area contributed by atoms with Gasteiger partial charge in [0.1, 0.15) is 0 Å². The minimum Gasteiger partial charge on any atom is -0.381 e. The van der Waals surface area contributed by atoms with Crippen molar-refractivity contribution in [2.75, 3.05) is 5.32 Å². The highest BCUT2D eigenvalue weighted by Gasteiger charge is 2.42. The van der Waals surface area contributed by atoms with Gasteiger partial charge < -0.3 is 5.32 Å². The summed E-state index contributed by atoms with van der Waals surface area (Å²) in [5.41, 5.74) is 1.37. The molecule has 1 unspecified atom stereocenters. The summed E-state index contributed by atoms with van der Waals surface area (Å²) >= 11 is 12.1. The summed E-state index contributed by atoms with van der Waals surface area (Å²) in [4.78, 5) is 0. The Kier molecular flexibility index (Phi) is 2.87. The molecule has 0 heterocycles. The average Bonchev–Trinajstić information content (AvgIpc) is 2.93. The van der Waals surface area contributed by atoms with Gasteiger partial charge in [0.15, 0.2) is 0 Å². The van der Waals surface area contributed by atoms with Crippen LogP contribution in [0.25, 0.3) is 0 Å². The third-order valence-corrected chi connectivity index (χ3v) is 4.23. The Balaban J connectivity index is 2.14. The number of anilines is 1. The van der Waals surface area contributed by atoms with Gasteiger partial charge in [-0.05, 0) is 37.3 Å². The lowest BCUT2D eigenvalue weighted by Crippen LogP contribution is -2.25. The molecule has 1 aliphatic rings. The number of nitrogens with one attached hydrogen (secondary N) is 1. The summed E-state index contributed by atoms with van der Waals surface area (Å²) in [6, 6.07) is 6.13. The van der Waals surface area contributed by atoms with Gasteiger partial charge >= 0.3 is 0 Å². The molecule has 2 rings (SSSR count). The first-order valence-corrected chi connectivity index (χ1v) is 5.99. The predicted octanol–water partition coefficient (Wildman–Crippen LogP) is 4.59. The third-order valence-electron chi connectivity index (χ3n) is 3.41. The van der Waals surface area contributed by atoms with Crippen LogP contribution < -0.4 is 5.32 Å². The van der Waals surface area contributed by atoms with Crippen molar-refractivity contribution in [1.82, 2.24) is 0 Å². The van der Waals surface area contributed by atoms with E-state index in [0.29, 0.717) is 21.5 Å². The van der Waals surface area contributed by atoms with E-state index in [1.54, 1.807) is 6.07 Å². The van der Waals surface area contributed by atoms with E-state index in [0.717, 1.165) is 5.69 Å². The zero-order valence-electron chi connectivity index (χ0n) is 8.98. The monoisotopic (exact) mass is 243 g/mol. The molecule has 1 fully saturated rings. The Morgan fingerprint density at radius 3 is 2.60 bits per heavy atom. The maximum Gasteiger partial charge on any atom is 0.0823 e. The summed E-state index contributed by atoms with van der Waals surface area (Å²) in [5, 5.41) is 4.66. The molecule has 1 N–H and O–H groups in total. The van der Waals surface area contributed by atoms with Crippen molar-refractivity contribution in [2.45, 2.75) is 32.7 Å². The lowest BCUT2D eigenvalue weighted by atomic mass is 10.0.